The van der Waals surface area contributed by atoms with Crippen LogP contribution >= 0.6 is 0 Å². The number of benzene rings is 1. The first-order chi connectivity index (χ1) is 12.1. The van der Waals surface area contributed by atoms with Crippen LogP contribution in [0.25, 0.3) is 0 Å². The summed E-state index contributed by atoms with van der Waals surface area (Å²) >= 11 is 0. The van der Waals surface area contributed by atoms with E-state index < -0.39 is 0 Å². The highest BCUT2D eigenvalue weighted by Gasteiger charge is 2.31. The molecule has 1 unspecified atom stereocenters. The zero-order valence-corrected chi connectivity index (χ0v) is 14.4. The van der Waals surface area contributed by atoms with E-state index in [0.717, 1.165) is 17.9 Å². The Morgan fingerprint density at radius 1 is 1.28 bits per heavy atom. The molecule has 1 amide bonds. The fourth-order valence-corrected chi connectivity index (χ4v) is 3.37. The largest absolute Gasteiger partial charge is 0.480 e. The lowest BCUT2D eigenvalue weighted by Gasteiger charge is -2.40. The van der Waals surface area contributed by atoms with E-state index in [9.17, 15) is 4.79 Å². The number of aromatic nitrogens is 1. The Morgan fingerprint density at radius 2 is 2.08 bits per heavy atom. The lowest BCUT2D eigenvalue weighted by atomic mass is 10.0. The molecule has 6 nitrogen and oxygen atoms in total. The van der Waals surface area contributed by atoms with Crippen molar-refractivity contribution >= 4 is 17.5 Å². The van der Waals surface area contributed by atoms with Gasteiger partial charge in [-0.25, -0.2) is 4.98 Å². The molecule has 25 heavy (non-hydrogen) atoms. The van der Waals surface area contributed by atoms with Gasteiger partial charge in [-0.05, 0) is 31.0 Å². The summed E-state index contributed by atoms with van der Waals surface area (Å²) in [7, 11) is 0. The minimum atomic E-state index is -0.175. The molecule has 130 valence electrons. The Labute approximate surface area is 146 Å². The number of hydrogen-bond donors (Lipinski definition) is 1. The molecule has 0 bridgehead atoms. The second kappa shape index (κ2) is 6.37. The van der Waals surface area contributed by atoms with Crippen molar-refractivity contribution in [2.45, 2.75) is 26.0 Å². The minimum Gasteiger partial charge on any atom is -0.480 e. The summed E-state index contributed by atoms with van der Waals surface area (Å²) < 4.78 is 11.4. The number of pyridine rings is 1. The number of hydrogen-bond acceptors (Lipinski definition) is 5. The Morgan fingerprint density at radius 3 is 2.88 bits per heavy atom. The monoisotopic (exact) mass is 339 g/mol. The first kappa shape index (κ1) is 15.9. The quantitative estimate of drug-likeness (QED) is 0.911. The third kappa shape index (κ3) is 3.05. The lowest BCUT2D eigenvalue weighted by molar-refractivity contribution is -0.118. The van der Waals surface area contributed by atoms with Gasteiger partial charge in [-0.3, -0.25) is 4.79 Å². The molecule has 2 aliphatic heterocycles. The summed E-state index contributed by atoms with van der Waals surface area (Å²) in [4.78, 5) is 18.6. The van der Waals surface area contributed by atoms with Crippen molar-refractivity contribution in [3.8, 4) is 5.75 Å². The molecule has 2 atom stereocenters. The van der Waals surface area contributed by atoms with Gasteiger partial charge in [-0.2, -0.15) is 0 Å². The highest BCUT2D eigenvalue weighted by molar-refractivity contribution is 5.94. The molecule has 0 radical (unpaired) electrons. The molecule has 1 fully saturated rings. The molecule has 6 heteroatoms. The van der Waals surface area contributed by atoms with Crippen molar-refractivity contribution in [3.63, 3.8) is 0 Å². The first-order valence-electron chi connectivity index (χ1n) is 8.49. The molecule has 1 N–H and O–H groups in total. The van der Waals surface area contributed by atoms with Crippen LogP contribution in [0.15, 0.2) is 36.4 Å². The number of amides is 1. The van der Waals surface area contributed by atoms with Gasteiger partial charge < -0.3 is 19.7 Å². The van der Waals surface area contributed by atoms with Crippen LogP contribution in [-0.4, -0.2) is 36.8 Å². The highest BCUT2D eigenvalue weighted by Crippen LogP contribution is 2.36. The number of aryl methyl sites for hydroxylation is 1. The smallest absolute Gasteiger partial charge is 0.263 e. The van der Waals surface area contributed by atoms with Gasteiger partial charge in [0.15, 0.2) is 18.2 Å². The minimum absolute atomic E-state index is 0.0378. The maximum atomic E-state index is 11.7. The van der Waals surface area contributed by atoms with Gasteiger partial charge in [0.2, 0.25) is 0 Å². The van der Waals surface area contributed by atoms with Gasteiger partial charge in [0, 0.05) is 6.54 Å². The molecule has 4 rings (SSSR count). The second-order valence-corrected chi connectivity index (χ2v) is 6.53. The molecular weight excluding hydrogens is 318 g/mol. The van der Waals surface area contributed by atoms with Crippen molar-refractivity contribution in [3.05, 3.63) is 47.5 Å². The van der Waals surface area contributed by atoms with E-state index in [0.29, 0.717) is 18.2 Å². The van der Waals surface area contributed by atoms with E-state index in [4.69, 9.17) is 9.47 Å². The summed E-state index contributed by atoms with van der Waals surface area (Å²) in [6.07, 6.45) is 0.115. The molecule has 1 saturated heterocycles. The van der Waals surface area contributed by atoms with Gasteiger partial charge >= 0.3 is 0 Å². The number of carbonyl (C=O) groups excluding carboxylic acids is 1. The Hall–Kier alpha value is -2.60. The number of carbonyl (C=O) groups is 1. The summed E-state index contributed by atoms with van der Waals surface area (Å²) in [5, 5.41) is 2.81. The Kier molecular flexibility index (Phi) is 4.05. The normalized spacial score (nSPS) is 22.8. The SMILES string of the molecule is Cc1cc(N2C[C@@H](C)OCC2c2ccccc2)nc2c1OCC(=O)N2. The number of anilines is 2. The van der Waals surface area contributed by atoms with Gasteiger partial charge in [-0.1, -0.05) is 30.3 Å². The summed E-state index contributed by atoms with van der Waals surface area (Å²) in [6, 6.07) is 12.4. The predicted octanol–water partition coefficient (Wildman–Crippen LogP) is 2.69. The number of nitrogens with zero attached hydrogens (tertiary/aromatic N) is 2. The molecule has 3 heterocycles. The van der Waals surface area contributed by atoms with E-state index in [-0.39, 0.29) is 24.7 Å². The summed E-state index contributed by atoms with van der Waals surface area (Å²) in [5.74, 6) is 1.80. The summed E-state index contributed by atoms with van der Waals surface area (Å²) in [5.41, 5.74) is 2.15. The van der Waals surface area contributed by atoms with Crippen molar-refractivity contribution in [2.75, 3.05) is 30.0 Å². The van der Waals surface area contributed by atoms with Crippen LogP contribution in [0, 0.1) is 6.92 Å². The van der Waals surface area contributed by atoms with Crippen molar-refractivity contribution < 1.29 is 14.3 Å². The fraction of sp³-hybridized carbons (Fsp3) is 0.368. The first-order valence-corrected chi connectivity index (χ1v) is 8.49. The topological polar surface area (TPSA) is 63.7 Å². The van der Waals surface area contributed by atoms with E-state index in [2.05, 4.69) is 34.3 Å². The zero-order chi connectivity index (χ0) is 17.4. The van der Waals surface area contributed by atoms with E-state index in [1.54, 1.807) is 0 Å². The average molecular weight is 339 g/mol. The molecule has 0 spiro atoms. The number of rotatable bonds is 2. The maximum absolute atomic E-state index is 11.7. The number of morpholine rings is 1. The molecule has 1 aromatic heterocycles. The van der Waals surface area contributed by atoms with Gasteiger partial charge in [0.25, 0.3) is 5.91 Å². The van der Waals surface area contributed by atoms with Crippen LogP contribution in [0.4, 0.5) is 11.6 Å². The Balaban J connectivity index is 1.74. The standard InChI is InChI=1S/C19H21N3O3/c1-12-8-16(20-19-18(12)25-11-17(23)21-19)22-9-13(2)24-10-15(22)14-6-4-3-5-7-14/h3-8,13,15H,9-11H2,1-2H3,(H,20,21,23)/t13-,15?/m1/s1. The van der Waals surface area contributed by atoms with E-state index >= 15 is 0 Å². The highest BCUT2D eigenvalue weighted by atomic mass is 16.5. The van der Waals surface area contributed by atoms with Gasteiger partial charge in [0.1, 0.15) is 5.82 Å². The second-order valence-electron chi connectivity index (χ2n) is 6.53. The predicted molar refractivity (Wildman–Crippen MR) is 95.0 cm³/mol. The number of nitrogens with one attached hydrogen (secondary N) is 1. The van der Waals surface area contributed by atoms with Crippen LogP contribution in [0.1, 0.15) is 24.1 Å². The Bertz CT molecular complexity index is 794. The lowest BCUT2D eigenvalue weighted by Crippen LogP contribution is -2.44. The third-order valence-corrected chi connectivity index (χ3v) is 4.60. The molecule has 0 aliphatic carbocycles. The molecule has 2 aliphatic rings. The average Bonchev–Trinajstić information content (AvgIpc) is 2.62. The number of ether oxygens (including phenoxy) is 2. The van der Waals surface area contributed by atoms with Crippen molar-refractivity contribution in [1.82, 2.24) is 4.98 Å². The van der Waals surface area contributed by atoms with Crippen LogP contribution < -0.4 is 15.0 Å². The molecular formula is C19H21N3O3. The van der Waals surface area contributed by atoms with Crippen LogP contribution in [0.5, 0.6) is 5.75 Å². The van der Waals surface area contributed by atoms with Gasteiger partial charge in [-0.15, -0.1) is 0 Å². The maximum Gasteiger partial charge on any atom is 0.263 e. The van der Waals surface area contributed by atoms with E-state index in [1.807, 2.05) is 31.2 Å². The molecule has 0 saturated carbocycles. The van der Waals surface area contributed by atoms with Gasteiger partial charge in [0.05, 0.1) is 18.8 Å². The number of fused-ring (bicyclic) bond motifs is 1. The van der Waals surface area contributed by atoms with Crippen molar-refractivity contribution in [2.24, 2.45) is 0 Å². The zero-order valence-electron chi connectivity index (χ0n) is 14.4. The van der Waals surface area contributed by atoms with Crippen LogP contribution in [0.3, 0.4) is 0 Å². The fourth-order valence-electron chi connectivity index (χ4n) is 3.37. The van der Waals surface area contributed by atoms with Crippen LogP contribution in [0.2, 0.25) is 0 Å². The molecule has 2 aromatic rings. The van der Waals surface area contributed by atoms with Crippen LogP contribution in [-0.2, 0) is 9.53 Å². The van der Waals surface area contributed by atoms with E-state index in [1.165, 1.54) is 5.56 Å². The summed E-state index contributed by atoms with van der Waals surface area (Å²) in [6.45, 7) is 5.41. The van der Waals surface area contributed by atoms with Crippen molar-refractivity contribution in [1.29, 1.82) is 0 Å². The molecule has 1 aromatic carbocycles. The third-order valence-electron chi connectivity index (χ3n) is 4.60.